The van der Waals surface area contributed by atoms with Crippen LogP contribution in [0.2, 0.25) is 0 Å². The van der Waals surface area contributed by atoms with Gasteiger partial charge in [-0.25, -0.2) is 18.4 Å². The topological polar surface area (TPSA) is 92.9 Å². The third-order valence-electron chi connectivity index (χ3n) is 3.91. The van der Waals surface area contributed by atoms with Crippen molar-refractivity contribution in [3.05, 3.63) is 29.5 Å². The molecule has 0 spiro atoms. The Morgan fingerprint density at radius 2 is 2.13 bits per heavy atom. The Kier molecular flexibility index (Phi) is 3.71. The number of carbonyl (C=O) groups excluding carboxylic acids is 1. The van der Waals surface area contributed by atoms with Gasteiger partial charge in [-0.2, -0.15) is 10.2 Å². The summed E-state index contributed by atoms with van der Waals surface area (Å²) in [5, 5.41) is 8.70. The monoisotopic (exact) mass is 334 g/mol. The first-order valence-corrected chi connectivity index (χ1v) is 9.29. The van der Waals surface area contributed by atoms with Gasteiger partial charge in [0, 0.05) is 24.2 Å². The molecule has 0 radical (unpaired) electrons. The number of aryl methyl sites for hydroxylation is 1. The van der Waals surface area contributed by atoms with Gasteiger partial charge in [-0.1, -0.05) is 13.8 Å². The van der Waals surface area contributed by atoms with Crippen molar-refractivity contribution in [3.63, 3.8) is 0 Å². The molecule has 0 saturated carbocycles. The first kappa shape index (κ1) is 15.7. The summed E-state index contributed by atoms with van der Waals surface area (Å²) in [6.07, 6.45) is 2.21. The van der Waals surface area contributed by atoms with Crippen molar-refractivity contribution in [2.45, 2.75) is 31.7 Å². The van der Waals surface area contributed by atoms with Crippen LogP contribution in [0.15, 0.2) is 28.3 Å². The van der Waals surface area contributed by atoms with Crippen molar-refractivity contribution >= 4 is 27.0 Å². The van der Waals surface area contributed by atoms with Gasteiger partial charge >= 0.3 is 0 Å². The molecule has 1 amide bonds. The lowest BCUT2D eigenvalue weighted by Crippen LogP contribution is -2.32. The summed E-state index contributed by atoms with van der Waals surface area (Å²) < 4.78 is 25.4. The summed E-state index contributed by atoms with van der Waals surface area (Å²) in [4.78, 5) is 11.4. The zero-order valence-electron chi connectivity index (χ0n) is 13.2. The predicted molar refractivity (Wildman–Crippen MR) is 86.1 cm³/mol. The highest BCUT2D eigenvalue weighted by atomic mass is 32.2. The molecule has 0 aromatic carbocycles. The number of nitrogens with zero attached hydrogens (tertiary/aromatic N) is 3. The fraction of sp³-hybridized carbons (Fsp3) is 0.400. The van der Waals surface area contributed by atoms with E-state index < -0.39 is 9.84 Å². The summed E-state index contributed by atoms with van der Waals surface area (Å²) in [6.45, 7) is 3.89. The van der Waals surface area contributed by atoms with Gasteiger partial charge in [-0.05, 0) is 24.6 Å². The van der Waals surface area contributed by atoms with Crippen LogP contribution in [0, 0.1) is 5.92 Å². The van der Waals surface area contributed by atoms with Crippen molar-refractivity contribution in [2.75, 3.05) is 6.26 Å². The second-order valence-corrected chi connectivity index (χ2v) is 7.74. The molecule has 1 N–H and O–H groups in total. The molecule has 0 saturated heterocycles. The Morgan fingerprint density at radius 3 is 2.74 bits per heavy atom. The minimum Gasteiger partial charge on any atom is -0.273 e. The molecule has 0 fully saturated rings. The van der Waals surface area contributed by atoms with Gasteiger partial charge in [0.05, 0.1) is 16.9 Å². The number of pyridine rings is 1. The van der Waals surface area contributed by atoms with Gasteiger partial charge in [-0.3, -0.25) is 4.79 Å². The lowest BCUT2D eigenvalue weighted by molar-refractivity contribution is -0.121. The second kappa shape index (κ2) is 5.45. The predicted octanol–water partition coefficient (Wildman–Crippen LogP) is 1.16. The molecule has 0 bridgehead atoms. The summed E-state index contributed by atoms with van der Waals surface area (Å²) >= 11 is 0. The quantitative estimate of drug-likeness (QED) is 0.911. The van der Waals surface area contributed by atoms with E-state index in [1.54, 1.807) is 6.07 Å². The molecule has 1 aliphatic heterocycles. The van der Waals surface area contributed by atoms with Gasteiger partial charge in [0.2, 0.25) is 5.91 Å². The number of nitrogens with one attached hydrogen (secondary N) is 1. The van der Waals surface area contributed by atoms with Gasteiger partial charge < -0.3 is 0 Å². The molecule has 23 heavy (non-hydrogen) atoms. The molecule has 7 nitrogen and oxygen atoms in total. The highest BCUT2D eigenvalue weighted by Gasteiger charge is 2.25. The van der Waals surface area contributed by atoms with Crippen molar-refractivity contribution in [2.24, 2.45) is 11.0 Å². The fourth-order valence-electron chi connectivity index (χ4n) is 2.75. The van der Waals surface area contributed by atoms with Crippen LogP contribution in [0.25, 0.3) is 5.52 Å². The molecular weight excluding hydrogens is 316 g/mol. The van der Waals surface area contributed by atoms with Crippen molar-refractivity contribution < 1.29 is 13.2 Å². The maximum atomic E-state index is 12.0. The summed E-state index contributed by atoms with van der Waals surface area (Å²) in [5.41, 5.74) is 5.50. The number of rotatable bonds is 3. The fourth-order valence-corrected chi connectivity index (χ4v) is 3.52. The van der Waals surface area contributed by atoms with E-state index in [-0.39, 0.29) is 16.9 Å². The van der Waals surface area contributed by atoms with E-state index in [0.717, 1.165) is 23.2 Å². The minimum atomic E-state index is -3.40. The van der Waals surface area contributed by atoms with E-state index in [1.165, 1.54) is 10.6 Å². The Bertz CT molecular complexity index is 928. The maximum Gasteiger partial charge on any atom is 0.240 e. The number of hydrogen-bond acceptors (Lipinski definition) is 5. The first-order valence-electron chi connectivity index (χ1n) is 7.39. The Labute approximate surface area is 134 Å². The van der Waals surface area contributed by atoms with Crippen LogP contribution in [0.5, 0.6) is 0 Å². The van der Waals surface area contributed by atoms with E-state index in [0.29, 0.717) is 18.4 Å². The van der Waals surface area contributed by atoms with E-state index in [2.05, 4.69) is 15.6 Å². The molecular formula is C15H18N4O3S. The minimum absolute atomic E-state index is 0.0448. The SMILES string of the molecule is CCc1cc2c(C3=NNC(=O)CC3C)ccc(S(C)(=O)=O)n2n1. The van der Waals surface area contributed by atoms with Crippen LogP contribution in [-0.2, 0) is 21.1 Å². The number of amides is 1. The molecule has 8 heteroatoms. The average Bonchev–Trinajstić information content (AvgIpc) is 2.89. The molecule has 1 aliphatic rings. The largest absolute Gasteiger partial charge is 0.273 e. The normalized spacial score (nSPS) is 18.8. The first-order chi connectivity index (χ1) is 10.8. The number of carbonyl (C=O) groups is 1. The van der Waals surface area contributed by atoms with Gasteiger partial charge in [-0.15, -0.1) is 0 Å². The highest BCUT2D eigenvalue weighted by molar-refractivity contribution is 7.90. The number of hydrazone groups is 1. The smallest absolute Gasteiger partial charge is 0.240 e. The van der Waals surface area contributed by atoms with E-state index in [4.69, 9.17) is 0 Å². The van der Waals surface area contributed by atoms with E-state index in [1.807, 2.05) is 19.9 Å². The highest BCUT2D eigenvalue weighted by Crippen LogP contribution is 2.24. The molecule has 1 atom stereocenters. The molecule has 1 unspecified atom stereocenters. The van der Waals surface area contributed by atoms with Crippen LogP contribution in [0.4, 0.5) is 0 Å². The van der Waals surface area contributed by atoms with E-state index >= 15 is 0 Å². The van der Waals surface area contributed by atoms with Crippen LogP contribution in [0.3, 0.4) is 0 Å². The van der Waals surface area contributed by atoms with Gasteiger partial charge in [0.15, 0.2) is 14.9 Å². The standard InChI is InChI=1S/C15H18N4O3S/c1-4-10-8-12-11(15-9(2)7-13(20)16-17-15)5-6-14(19(12)18-10)23(3,21)22/h5-6,8-9H,4,7H2,1-3H3,(H,16,20). The zero-order chi connectivity index (χ0) is 16.8. The maximum absolute atomic E-state index is 12.0. The third kappa shape index (κ3) is 2.74. The van der Waals surface area contributed by atoms with Crippen LogP contribution < -0.4 is 5.43 Å². The summed E-state index contributed by atoms with van der Waals surface area (Å²) in [6, 6.07) is 5.14. The third-order valence-corrected chi connectivity index (χ3v) is 4.98. The number of aromatic nitrogens is 2. The molecule has 122 valence electrons. The Morgan fingerprint density at radius 1 is 1.39 bits per heavy atom. The molecule has 2 aromatic rings. The van der Waals surface area contributed by atoms with Crippen molar-refractivity contribution in [1.82, 2.24) is 15.0 Å². The average molecular weight is 334 g/mol. The summed E-state index contributed by atoms with van der Waals surface area (Å²) in [5.74, 6) is -0.163. The zero-order valence-corrected chi connectivity index (χ0v) is 14.0. The van der Waals surface area contributed by atoms with Gasteiger partial charge in [0.25, 0.3) is 0 Å². The Balaban J connectivity index is 2.28. The molecule has 0 aliphatic carbocycles. The van der Waals surface area contributed by atoms with Crippen LogP contribution >= 0.6 is 0 Å². The second-order valence-electron chi connectivity index (χ2n) is 5.78. The molecule has 3 heterocycles. The number of hydrogen-bond donors (Lipinski definition) is 1. The van der Waals surface area contributed by atoms with Gasteiger partial charge in [0.1, 0.15) is 0 Å². The molecule has 2 aromatic heterocycles. The van der Waals surface area contributed by atoms with Crippen molar-refractivity contribution in [1.29, 1.82) is 0 Å². The van der Waals surface area contributed by atoms with Crippen molar-refractivity contribution in [3.8, 4) is 0 Å². The number of fused-ring (bicyclic) bond motifs is 1. The molecule has 3 rings (SSSR count). The Hall–Kier alpha value is -2.22. The van der Waals surface area contributed by atoms with Crippen LogP contribution in [0.1, 0.15) is 31.5 Å². The lowest BCUT2D eigenvalue weighted by atomic mass is 9.94. The lowest BCUT2D eigenvalue weighted by Gasteiger charge is -2.20. The number of sulfone groups is 1. The van der Waals surface area contributed by atoms with Crippen LogP contribution in [-0.4, -0.2) is 35.9 Å². The summed E-state index contributed by atoms with van der Waals surface area (Å²) in [7, 11) is -3.40. The van der Waals surface area contributed by atoms with E-state index in [9.17, 15) is 13.2 Å².